The average molecular weight is 319 g/mol. The van der Waals surface area contributed by atoms with Crippen LogP contribution in [-0.2, 0) is 0 Å². The third kappa shape index (κ3) is 1.42. The summed E-state index contributed by atoms with van der Waals surface area (Å²) in [6.45, 7) is 3.84. The van der Waals surface area contributed by atoms with E-state index in [1.807, 2.05) is 0 Å². The molecule has 2 aliphatic rings. The zero-order chi connectivity index (χ0) is 17.3. The molecule has 118 valence electrons. The van der Waals surface area contributed by atoms with E-state index in [0.717, 1.165) is 0 Å². The van der Waals surface area contributed by atoms with E-state index < -0.39 is 5.78 Å². The first kappa shape index (κ1) is 14.2. The van der Waals surface area contributed by atoms with E-state index in [9.17, 15) is 14.4 Å². The van der Waals surface area contributed by atoms with E-state index in [2.05, 4.69) is 6.58 Å². The van der Waals surface area contributed by atoms with E-state index in [1.165, 1.54) is 4.90 Å². The molecular weight excluding hydrogens is 306 g/mol. The van der Waals surface area contributed by atoms with Gasteiger partial charge >= 0.3 is 0 Å². The minimum absolute atomic E-state index is 0.00593. The quantitative estimate of drug-likeness (QED) is 0.484. The predicted octanol–water partition coefficient (Wildman–Crippen LogP) is 1.68. The lowest BCUT2D eigenvalue weighted by molar-refractivity contribution is 0.0875. The summed E-state index contributed by atoms with van der Waals surface area (Å²) in [6.07, 6.45) is 0. The topological polar surface area (TPSA) is 106 Å². The Morgan fingerprint density at radius 2 is 1.29 bits per heavy atom. The summed E-state index contributed by atoms with van der Waals surface area (Å²) in [6, 6.07) is 6.49. The van der Waals surface area contributed by atoms with Crippen molar-refractivity contribution in [2.45, 2.75) is 0 Å². The van der Waals surface area contributed by atoms with Gasteiger partial charge in [0.15, 0.2) is 11.6 Å². The van der Waals surface area contributed by atoms with Crippen LogP contribution in [-0.4, -0.2) is 29.4 Å². The number of carbonyl (C=O) groups is 3. The number of rotatable bonds is 0. The van der Waals surface area contributed by atoms with E-state index in [1.54, 1.807) is 31.3 Å². The van der Waals surface area contributed by atoms with Crippen molar-refractivity contribution in [3.63, 3.8) is 0 Å². The van der Waals surface area contributed by atoms with Crippen molar-refractivity contribution >= 4 is 34.5 Å². The van der Waals surface area contributed by atoms with Gasteiger partial charge < -0.3 is 16.4 Å². The van der Waals surface area contributed by atoms with Crippen molar-refractivity contribution in [3.8, 4) is 0 Å². The van der Waals surface area contributed by atoms with Gasteiger partial charge in [-0.15, -0.1) is 0 Å². The molecule has 1 aliphatic carbocycles. The number of carbonyl (C=O) groups excluding carboxylic acids is 3. The van der Waals surface area contributed by atoms with Crippen LogP contribution in [0.3, 0.4) is 0 Å². The standard InChI is InChI=1S/C18H13N3O3/c1-7-10-13(18(24)21(7)2)15(20)12-11(14(10)19)16(22)8-5-3-4-6-9(8)17(12)23/h3-6H,1,19-20H2,2H3. The number of nitrogens with two attached hydrogens (primary N) is 2. The fourth-order valence-corrected chi connectivity index (χ4v) is 3.39. The van der Waals surface area contributed by atoms with E-state index in [4.69, 9.17) is 11.5 Å². The van der Waals surface area contributed by atoms with Crippen LogP contribution >= 0.6 is 0 Å². The highest BCUT2D eigenvalue weighted by Crippen LogP contribution is 2.45. The minimum atomic E-state index is -0.403. The lowest BCUT2D eigenvalue weighted by Crippen LogP contribution is -2.25. The number of hydrogen-bond acceptors (Lipinski definition) is 5. The molecule has 6 heteroatoms. The minimum Gasteiger partial charge on any atom is -0.398 e. The Labute approximate surface area is 137 Å². The number of hydrogen-bond donors (Lipinski definition) is 2. The summed E-state index contributed by atoms with van der Waals surface area (Å²) < 4.78 is 0. The van der Waals surface area contributed by atoms with Crippen LogP contribution in [0.4, 0.5) is 11.4 Å². The van der Waals surface area contributed by atoms with Gasteiger partial charge in [-0.2, -0.15) is 0 Å². The van der Waals surface area contributed by atoms with Crippen molar-refractivity contribution in [2.24, 2.45) is 0 Å². The molecular formula is C18H13N3O3. The molecule has 1 heterocycles. The molecule has 4 rings (SSSR count). The third-order valence-corrected chi connectivity index (χ3v) is 4.66. The number of fused-ring (bicyclic) bond motifs is 3. The highest BCUT2D eigenvalue weighted by Gasteiger charge is 2.41. The summed E-state index contributed by atoms with van der Waals surface area (Å²) in [5.41, 5.74) is 13.8. The molecule has 0 unspecified atom stereocenters. The Bertz CT molecular complexity index is 941. The zero-order valence-electron chi connectivity index (χ0n) is 12.8. The summed E-state index contributed by atoms with van der Waals surface area (Å²) in [5.74, 6) is -1.16. The smallest absolute Gasteiger partial charge is 0.260 e. The van der Waals surface area contributed by atoms with Crippen molar-refractivity contribution in [1.29, 1.82) is 0 Å². The second-order valence-corrected chi connectivity index (χ2v) is 5.84. The first-order chi connectivity index (χ1) is 11.4. The Morgan fingerprint density at radius 3 is 1.79 bits per heavy atom. The second kappa shape index (κ2) is 4.32. The summed E-state index contributed by atoms with van der Waals surface area (Å²) in [5, 5.41) is 0. The van der Waals surface area contributed by atoms with Crippen LogP contribution in [0.2, 0.25) is 0 Å². The second-order valence-electron chi connectivity index (χ2n) is 5.84. The van der Waals surface area contributed by atoms with Gasteiger partial charge in [-0.3, -0.25) is 14.4 Å². The Morgan fingerprint density at radius 1 is 0.833 bits per heavy atom. The average Bonchev–Trinajstić information content (AvgIpc) is 2.80. The first-order valence-electron chi connectivity index (χ1n) is 7.27. The maximum atomic E-state index is 12.9. The molecule has 0 saturated carbocycles. The molecule has 0 saturated heterocycles. The van der Waals surface area contributed by atoms with Crippen molar-refractivity contribution in [3.05, 3.63) is 64.2 Å². The number of amides is 1. The van der Waals surface area contributed by atoms with Gasteiger partial charge in [-0.25, -0.2) is 0 Å². The van der Waals surface area contributed by atoms with Crippen LogP contribution in [0.25, 0.3) is 5.70 Å². The van der Waals surface area contributed by atoms with Gasteiger partial charge in [0.05, 0.1) is 28.1 Å². The molecule has 2 aromatic carbocycles. The SMILES string of the molecule is C=C1c2c(N)c3c(c(N)c2C(=O)N1C)C(=O)c1ccccc1C3=O. The van der Waals surface area contributed by atoms with E-state index in [0.29, 0.717) is 11.3 Å². The normalized spacial score (nSPS) is 15.5. The summed E-state index contributed by atoms with van der Waals surface area (Å²) in [4.78, 5) is 39.5. The van der Waals surface area contributed by atoms with Gasteiger partial charge in [-0.05, 0) is 0 Å². The number of nitrogen functional groups attached to an aromatic ring is 2. The lowest BCUT2D eigenvalue weighted by atomic mass is 9.80. The van der Waals surface area contributed by atoms with Crippen molar-refractivity contribution < 1.29 is 14.4 Å². The van der Waals surface area contributed by atoms with Crippen LogP contribution in [0.15, 0.2) is 30.8 Å². The van der Waals surface area contributed by atoms with E-state index in [-0.39, 0.29) is 50.9 Å². The molecule has 0 spiro atoms. The molecule has 24 heavy (non-hydrogen) atoms. The van der Waals surface area contributed by atoms with Crippen molar-refractivity contribution in [2.75, 3.05) is 18.5 Å². The zero-order valence-corrected chi connectivity index (χ0v) is 12.8. The molecule has 0 radical (unpaired) electrons. The maximum Gasteiger partial charge on any atom is 0.260 e. The van der Waals surface area contributed by atoms with Crippen LogP contribution in [0.5, 0.6) is 0 Å². The summed E-state index contributed by atoms with van der Waals surface area (Å²) in [7, 11) is 1.54. The third-order valence-electron chi connectivity index (χ3n) is 4.66. The van der Waals surface area contributed by atoms with Gasteiger partial charge in [0.2, 0.25) is 0 Å². The molecule has 4 N–H and O–H groups in total. The van der Waals surface area contributed by atoms with Gasteiger partial charge in [-0.1, -0.05) is 30.8 Å². The fraction of sp³-hybridized carbons (Fsp3) is 0.0556. The Kier molecular flexibility index (Phi) is 2.56. The fourth-order valence-electron chi connectivity index (χ4n) is 3.39. The van der Waals surface area contributed by atoms with Crippen LogP contribution in [0.1, 0.15) is 47.8 Å². The number of ketones is 2. The highest BCUT2D eigenvalue weighted by atomic mass is 16.2. The molecule has 1 aliphatic heterocycles. The molecule has 0 fully saturated rings. The van der Waals surface area contributed by atoms with Gasteiger partial charge in [0.1, 0.15) is 0 Å². The molecule has 2 aromatic rings. The molecule has 0 bridgehead atoms. The number of anilines is 2. The highest BCUT2D eigenvalue weighted by molar-refractivity contribution is 6.34. The molecule has 0 atom stereocenters. The number of benzene rings is 2. The van der Waals surface area contributed by atoms with Crippen LogP contribution < -0.4 is 11.5 Å². The summed E-state index contributed by atoms with van der Waals surface area (Å²) >= 11 is 0. The van der Waals surface area contributed by atoms with Crippen molar-refractivity contribution in [1.82, 2.24) is 4.90 Å². The number of nitrogens with zero attached hydrogens (tertiary/aromatic N) is 1. The lowest BCUT2D eigenvalue weighted by Gasteiger charge is -2.22. The Balaban J connectivity index is 2.15. The van der Waals surface area contributed by atoms with Gasteiger partial charge in [0, 0.05) is 29.4 Å². The monoisotopic (exact) mass is 319 g/mol. The Hall–Kier alpha value is -3.41. The van der Waals surface area contributed by atoms with Crippen LogP contribution in [0, 0.1) is 0 Å². The van der Waals surface area contributed by atoms with E-state index >= 15 is 0 Å². The predicted molar refractivity (Wildman–Crippen MR) is 89.7 cm³/mol. The maximum absolute atomic E-state index is 12.9. The first-order valence-corrected chi connectivity index (χ1v) is 7.27. The largest absolute Gasteiger partial charge is 0.398 e. The molecule has 6 nitrogen and oxygen atoms in total. The molecule has 0 aromatic heterocycles. The molecule has 1 amide bonds. The van der Waals surface area contributed by atoms with Gasteiger partial charge in [0.25, 0.3) is 5.91 Å².